The van der Waals surface area contributed by atoms with Crippen LogP contribution in [0.3, 0.4) is 0 Å². The van der Waals surface area contributed by atoms with E-state index in [0.29, 0.717) is 44.4 Å². The molecule has 35 heavy (non-hydrogen) atoms. The van der Waals surface area contributed by atoms with Gasteiger partial charge in [-0.2, -0.15) is 12.7 Å². The summed E-state index contributed by atoms with van der Waals surface area (Å²) in [4.78, 5) is 9.17. The molecule has 10 heteroatoms. The second kappa shape index (κ2) is 10.4. The van der Waals surface area contributed by atoms with Gasteiger partial charge in [0.05, 0.1) is 18.0 Å². The Bertz CT molecular complexity index is 1180. The van der Waals surface area contributed by atoms with Crippen LogP contribution < -0.4 is 14.8 Å². The van der Waals surface area contributed by atoms with E-state index in [1.165, 1.54) is 16.1 Å². The molecule has 0 atom stereocenters. The average molecular weight is 502 g/mol. The number of fused-ring (bicyclic) bond motifs is 1. The summed E-state index contributed by atoms with van der Waals surface area (Å²) in [5.41, 5.74) is 9.59. The van der Waals surface area contributed by atoms with Crippen molar-refractivity contribution in [3.63, 3.8) is 0 Å². The van der Waals surface area contributed by atoms with E-state index < -0.39 is 10.2 Å². The van der Waals surface area contributed by atoms with Crippen molar-refractivity contribution in [2.24, 2.45) is 10.6 Å². The van der Waals surface area contributed by atoms with Crippen LogP contribution >= 0.6 is 0 Å². The number of nitrogens with two attached hydrogens (primary N) is 1. The number of benzene rings is 1. The Labute approximate surface area is 208 Å². The van der Waals surface area contributed by atoms with Crippen LogP contribution in [0.5, 0.6) is 5.75 Å². The molecule has 9 nitrogen and oxygen atoms in total. The molecule has 2 heterocycles. The smallest absolute Gasteiger partial charge is 0.304 e. The fourth-order valence-corrected chi connectivity index (χ4v) is 6.03. The van der Waals surface area contributed by atoms with Gasteiger partial charge in [0.25, 0.3) is 0 Å². The first-order valence-corrected chi connectivity index (χ1v) is 13.5. The highest BCUT2D eigenvalue weighted by atomic mass is 32.2. The first-order valence-electron chi connectivity index (χ1n) is 12.1. The Balaban J connectivity index is 1.28. The number of hydrogen-bond acceptors (Lipinski definition) is 7. The first kappa shape index (κ1) is 25.2. The minimum absolute atomic E-state index is 0.0713. The fourth-order valence-electron chi connectivity index (χ4n) is 4.42. The molecule has 2 aromatic rings. The molecule has 4 rings (SSSR count). The highest BCUT2D eigenvalue weighted by Gasteiger charge is 2.37. The van der Waals surface area contributed by atoms with Gasteiger partial charge in [0.1, 0.15) is 18.2 Å². The molecule has 0 spiro atoms. The number of oxime groups is 1. The summed E-state index contributed by atoms with van der Waals surface area (Å²) in [6.45, 7) is 8.70. The molecular weight excluding hydrogens is 466 g/mol. The van der Waals surface area contributed by atoms with Crippen molar-refractivity contribution >= 4 is 27.4 Å². The minimum atomic E-state index is -3.57. The molecule has 0 amide bonds. The third kappa shape index (κ3) is 5.87. The zero-order valence-electron chi connectivity index (χ0n) is 20.7. The second-order valence-corrected chi connectivity index (χ2v) is 11.6. The van der Waals surface area contributed by atoms with Crippen molar-refractivity contribution in [3.05, 3.63) is 47.7 Å². The summed E-state index contributed by atoms with van der Waals surface area (Å²) in [5, 5.41) is 4.21. The third-order valence-corrected chi connectivity index (χ3v) is 8.59. The van der Waals surface area contributed by atoms with Crippen LogP contribution in [0.1, 0.15) is 51.2 Å². The Morgan fingerprint density at radius 3 is 2.74 bits per heavy atom. The van der Waals surface area contributed by atoms with Crippen molar-refractivity contribution in [3.8, 4) is 5.75 Å². The topological polar surface area (TPSA) is 110 Å². The number of aromatic nitrogens is 1. The van der Waals surface area contributed by atoms with Crippen LogP contribution in [0, 0.1) is 5.41 Å². The summed E-state index contributed by atoms with van der Waals surface area (Å²) in [7, 11) is -3.57. The lowest BCUT2D eigenvalue weighted by atomic mass is 9.86. The van der Waals surface area contributed by atoms with Crippen molar-refractivity contribution in [1.82, 2.24) is 9.29 Å². The van der Waals surface area contributed by atoms with Gasteiger partial charge in [0, 0.05) is 37.5 Å². The summed E-state index contributed by atoms with van der Waals surface area (Å²) in [6.07, 6.45) is 4.91. The number of rotatable bonds is 10. The van der Waals surface area contributed by atoms with Gasteiger partial charge in [0.2, 0.25) is 0 Å². The largest absolute Gasteiger partial charge is 0.494 e. The Morgan fingerprint density at radius 2 is 1.97 bits per heavy atom. The molecule has 0 bridgehead atoms. The predicted molar refractivity (Wildman–Crippen MR) is 138 cm³/mol. The lowest BCUT2D eigenvalue weighted by Crippen LogP contribution is -2.35. The molecule has 0 radical (unpaired) electrons. The van der Waals surface area contributed by atoms with Gasteiger partial charge in [-0.05, 0) is 67.9 Å². The maximum atomic E-state index is 13.0. The van der Waals surface area contributed by atoms with Crippen molar-refractivity contribution in [2.45, 2.75) is 46.5 Å². The zero-order chi connectivity index (χ0) is 25.1. The summed E-state index contributed by atoms with van der Waals surface area (Å²) >= 11 is 0. The Morgan fingerprint density at radius 1 is 1.14 bits per heavy atom. The lowest BCUT2D eigenvalue weighted by Gasteiger charge is -2.27. The number of hydrogen-bond donors (Lipinski definition) is 1. The van der Waals surface area contributed by atoms with Crippen molar-refractivity contribution in [1.29, 1.82) is 0 Å². The molecule has 2 aliphatic rings. The van der Waals surface area contributed by atoms with Gasteiger partial charge in [-0.25, -0.2) is 4.98 Å². The van der Waals surface area contributed by atoms with Crippen LogP contribution in [0.25, 0.3) is 0 Å². The van der Waals surface area contributed by atoms with Crippen LogP contribution in [-0.2, 0) is 21.5 Å². The fraction of sp³-hybridized carbons (Fsp3) is 0.520. The van der Waals surface area contributed by atoms with E-state index in [-0.39, 0.29) is 5.41 Å². The summed E-state index contributed by atoms with van der Waals surface area (Å²) in [5.74, 6) is 1.16. The standard InChI is InChI=1S/C25H35N5O4S/c1-4-34-28-23-8-5-19-17-21(6-7-22(19)23)33-16-11-25(2,3)10-13-29-14-15-30(35(29,31)32)20-9-12-27-24(26)18-20/h6-7,9,12,17-18H,4-5,8,10-11,13-16H2,1-3H3,(H2,26,27). The molecule has 190 valence electrons. The van der Waals surface area contributed by atoms with Gasteiger partial charge >= 0.3 is 10.2 Å². The summed E-state index contributed by atoms with van der Waals surface area (Å²) < 4.78 is 35.1. The molecule has 1 aliphatic heterocycles. The van der Waals surface area contributed by atoms with E-state index >= 15 is 0 Å². The van der Waals surface area contributed by atoms with Gasteiger partial charge in [-0.3, -0.25) is 4.31 Å². The van der Waals surface area contributed by atoms with Gasteiger partial charge in [-0.15, -0.1) is 0 Å². The van der Waals surface area contributed by atoms with Crippen LogP contribution in [0.15, 0.2) is 41.7 Å². The Hall–Kier alpha value is -2.85. The maximum absolute atomic E-state index is 13.0. The quantitative estimate of drug-likeness (QED) is 0.498. The molecule has 1 aromatic carbocycles. The number of nitrogen functional groups attached to an aromatic ring is 1. The summed E-state index contributed by atoms with van der Waals surface area (Å²) in [6, 6.07) is 9.39. The van der Waals surface area contributed by atoms with Gasteiger partial charge in [0.15, 0.2) is 0 Å². The molecule has 0 saturated carbocycles. The van der Waals surface area contributed by atoms with E-state index in [1.807, 2.05) is 13.0 Å². The van der Waals surface area contributed by atoms with E-state index in [0.717, 1.165) is 42.7 Å². The van der Waals surface area contributed by atoms with Crippen molar-refractivity contribution < 1.29 is 18.0 Å². The molecule has 2 N–H and O–H groups in total. The van der Waals surface area contributed by atoms with Crippen LogP contribution in [0.4, 0.5) is 11.5 Å². The molecule has 1 aromatic heterocycles. The molecule has 1 saturated heterocycles. The highest BCUT2D eigenvalue weighted by molar-refractivity contribution is 7.90. The molecular formula is C25H35N5O4S. The lowest BCUT2D eigenvalue weighted by molar-refractivity contribution is 0.158. The number of nitrogens with zero attached hydrogens (tertiary/aromatic N) is 4. The number of pyridine rings is 1. The zero-order valence-corrected chi connectivity index (χ0v) is 21.6. The van der Waals surface area contributed by atoms with Gasteiger partial charge < -0.3 is 15.3 Å². The normalized spacial score (nSPS) is 18.7. The van der Waals surface area contributed by atoms with Crippen LogP contribution in [0.2, 0.25) is 0 Å². The number of ether oxygens (including phenoxy) is 1. The van der Waals surface area contributed by atoms with Crippen LogP contribution in [-0.4, -0.2) is 56.3 Å². The maximum Gasteiger partial charge on any atom is 0.304 e. The van der Waals surface area contributed by atoms with Crippen molar-refractivity contribution in [2.75, 3.05) is 42.9 Å². The Kier molecular flexibility index (Phi) is 7.51. The van der Waals surface area contributed by atoms with E-state index in [2.05, 4.69) is 36.1 Å². The molecule has 1 aliphatic carbocycles. The van der Waals surface area contributed by atoms with Gasteiger partial charge in [-0.1, -0.05) is 19.0 Å². The third-order valence-electron chi connectivity index (χ3n) is 6.62. The predicted octanol–water partition coefficient (Wildman–Crippen LogP) is 3.60. The van der Waals surface area contributed by atoms with E-state index in [1.54, 1.807) is 16.4 Å². The minimum Gasteiger partial charge on any atom is -0.494 e. The second-order valence-electron chi connectivity index (χ2n) is 9.71. The average Bonchev–Trinajstić information content (AvgIpc) is 3.35. The molecule has 1 fully saturated rings. The highest BCUT2D eigenvalue weighted by Crippen LogP contribution is 2.31. The SMILES string of the molecule is CCON=C1CCc2cc(OCCC(C)(C)CCN3CCN(c4ccnc(N)c4)S3(=O)=O)ccc21. The van der Waals surface area contributed by atoms with E-state index in [4.69, 9.17) is 15.3 Å². The first-order chi connectivity index (χ1) is 16.7. The van der Waals surface area contributed by atoms with E-state index in [9.17, 15) is 8.42 Å². The monoisotopic (exact) mass is 501 g/mol. The number of anilines is 2. The number of aryl methyl sites for hydroxylation is 1. The molecule has 0 unspecified atom stereocenters.